The number of ether oxygens (including phenoxy) is 2. The fraction of sp³-hybridized carbons (Fsp3) is 0.480. The van der Waals surface area contributed by atoms with Gasteiger partial charge in [0.15, 0.2) is 11.5 Å². The molecule has 2 aromatic carbocycles. The van der Waals surface area contributed by atoms with Crippen LogP contribution in [0, 0.1) is 16.2 Å². The molecule has 28 heavy (non-hydrogen) atoms. The van der Waals surface area contributed by atoms with Gasteiger partial charge in [0, 0.05) is 33.2 Å². The van der Waals surface area contributed by atoms with Crippen LogP contribution in [-0.4, -0.2) is 11.8 Å². The van der Waals surface area contributed by atoms with E-state index in [1.165, 1.54) is 34.6 Å². The van der Waals surface area contributed by atoms with Crippen LogP contribution in [0.25, 0.3) is 21.7 Å². The first-order valence-corrected chi connectivity index (χ1v) is 10.5. The second-order valence-electron chi connectivity index (χ2n) is 10.9. The highest BCUT2D eigenvalue weighted by Crippen LogP contribution is 3.09. The Morgan fingerprint density at radius 1 is 0.857 bits per heavy atom. The third-order valence-electron chi connectivity index (χ3n) is 10.4. The molecule has 5 atom stereocenters. The maximum atomic E-state index is 5.66. The van der Waals surface area contributed by atoms with Crippen molar-refractivity contribution in [1.29, 1.82) is 0 Å². The van der Waals surface area contributed by atoms with Crippen LogP contribution in [0.2, 0.25) is 0 Å². The lowest BCUT2D eigenvalue weighted by Crippen LogP contribution is -2.56. The SMILES string of the molecule is CC12CC3(C)C4(C)CC(C)(c5c1cnc1c5ccc5cc6c(cc51)OCO6)C234. The van der Waals surface area contributed by atoms with Crippen molar-refractivity contribution in [2.24, 2.45) is 16.2 Å². The number of nitrogens with zero attached hydrogens (tertiary/aromatic N) is 1. The molecule has 1 aliphatic heterocycles. The second-order valence-corrected chi connectivity index (χ2v) is 10.9. The van der Waals surface area contributed by atoms with Crippen LogP contribution >= 0.6 is 0 Å². The summed E-state index contributed by atoms with van der Waals surface area (Å²) in [6.07, 6.45) is 4.86. The molecule has 5 unspecified atom stereocenters. The summed E-state index contributed by atoms with van der Waals surface area (Å²) in [5, 5.41) is 3.71. The summed E-state index contributed by atoms with van der Waals surface area (Å²) in [4.78, 5) is 5.05. The third-order valence-corrected chi connectivity index (χ3v) is 10.4. The Morgan fingerprint density at radius 2 is 1.57 bits per heavy atom. The quantitative estimate of drug-likeness (QED) is 0.493. The van der Waals surface area contributed by atoms with Crippen molar-refractivity contribution in [3.8, 4) is 11.5 Å². The van der Waals surface area contributed by atoms with Gasteiger partial charge in [0.25, 0.3) is 0 Å². The molecule has 3 nitrogen and oxygen atoms in total. The first kappa shape index (κ1) is 14.7. The van der Waals surface area contributed by atoms with Crippen LogP contribution in [0.1, 0.15) is 51.7 Å². The topological polar surface area (TPSA) is 31.4 Å². The molecule has 8 rings (SSSR count). The summed E-state index contributed by atoms with van der Waals surface area (Å²) in [5.74, 6) is 1.68. The Bertz CT molecular complexity index is 1320. The van der Waals surface area contributed by atoms with Gasteiger partial charge in [0.1, 0.15) is 0 Å². The van der Waals surface area contributed by atoms with E-state index in [1.54, 1.807) is 5.56 Å². The first-order valence-electron chi connectivity index (χ1n) is 10.5. The molecule has 3 saturated carbocycles. The number of hydrogen-bond donors (Lipinski definition) is 0. The molecule has 1 aromatic heterocycles. The molecular weight excluding hydrogens is 346 g/mol. The van der Waals surface area contributed by atoms with Crippen LogP contribution in [0.4, 0.5) is 0 Å². The molecule has 1 spiro atoms. The molecule has 3 heteroatoms. The van der Waals surface area contributed by atoms with E-state index in [9.17, 15) is 0 Å². The Balaban J connectivity index is 1.49. The van der Waals surface area contributed by atoms with E-state index < -0.39 is 0 Å². The Labute approximate surface area is 164 Å². The van der Waals surface area contributed by atoms with Gasteiger partial charge in [-0.1, -0.05) is 39.8 Å². The molecule has 3 aromatic rings. The third kappa shape index (κ3) is 0.963. The van der Waals surface area contributed by atoms with Crippen molar-refractivity contribution in [3.05, 3.63) is 41.6 Å². The molecule has 0 saturated heterocycles. The zero-order valence-electron chi connectivity index (χ0n) is 16.8. The largest absolute Gasteiger partial charge is 0.454 e. The highest BCUT2D eigenvalue weighted by atomic mass is 16.7. The van der Waals surface area contributed by atoms with Crippen molar-refractivity contribution < 1.29 is 9.47 Å². The summed E-state index contributed by atoms with van der Waals surface area (Å²) >= 11 is 0. The molecule has 2 heterocycles. The monoisotopic (exact) mass is 369 g/mol. The molecule has 0 amide bonds. The van der Waals surface area contributed by atoms with Crippen molar-refractivity contribution >= 4 is 21.7 Å². The van der Waals surface area contributed by atoms with Gasteiger partial charge in [-0.15, -0.1) is 0 Å². The van der Waals surface area contributed by atoms with Gasteiger partial charge < -0.3 is 9.47 Å². The standard InChI is InChI=1S/C25H23NO2/c1-21-10-23(3)24(4)11-22(2,25(21,23)24)19-14-6-5-13-7-17-18(28-12-27-17)8-15(13)20(14)26-9-16(19)21/h5-9H,10-12H2,1-4H3. The van der Waals surface area contributed by atoms with E-state index >= 15 is 0 Å². The smallest absolute Gasteiger partial charge is 0.231 e. The van der Waals surface area contributed by atoms with E-state index in [2.05, 4.69) is 58.2 Å². The fourth-order valence-corrected chi connectivity index (χ4v) is 10.2. The molecular formula is C25H23NO2. The Hall–Kier alpha value is -2.29. The lowest BCUT2D eigenvalue weighted by Gasteiger charge is -2.57. The minimum Gasteiger partial charge on any atom is -0.454 e. The van der Waals surface area contributed by atoms with Crippen molar-refractivity contribution in [1.82, 2.24) is 4.98 Å². The summed E-state index contributed by atoms with van der Waals surface area (Å²) in [6, 6.07) is 8.78. The summed E-state index contributed by atoms with van der Waals surface area (Å²) < 4.78 is 11.2. The summed E-state index contributed by atoms with van der Waals surface area (Å²) in [5.41, 5.74) is 6.29. The van der Waals surface area contributed by atoms with Crippen LogP contribution < -0.4 is 9.47 Å². The molecule has 140 valence electrons. The van der Waals surface area contributed by atoms with Crippen molar-refractivity contribution in [3.63, 3.8) is 0 Å². The van der Waals surface area contributed by atoms with Gasteiger partial charge in [-0.25, -0.2) is 0 Å². The fourth-order valence-electron chi connectivity index (χ4n) is 10.2. The lowest BCUT2D eigenvalue weighted by atomic mass is 9.45. The minimum atomic E-state index is 0.282. The van der Waals surface area contributed by atoms with Gasteiger partial charge in [-0.3, -0.25) is 4.98 Å². The normalized spacial score (nSPS) is 45.3. The summed E-state index contributed by atoms with van der Waals surface area (Å²) in [7, 11) is 0. The number of hydrogen-bond acceptors (Lipinski definition) is 3. The van der Waals surface area contributed by atoms with Crippen LogP contribution in [0.5, 0.6) is 11.5 Å². The van der Waals surface area contributed by atoms with Gasteiger partial charge >= 0.3 is 0 Å². The van der Waals surface area contributed by atoms with Gasteiger partial charge in [-0.2, -0.15) is 0 Å². The lowest BCUT2D eigenvalue weighted by molar-refractivity contribution is -0.0343. The predicted molar refractivity (Wildman–Crippen MR) is 108 cm³/mol. The van der Waals surface area contributed by atoms with Crippen LogP contribution in [0.3, 0.4) is 0 Å². The van der Waals surface area contributed by atoms with Gasteiger partial charge in [0.2, 0.25) is 6.79 Å². The average Bonchev–Trinajstić information content (AvgIpc) is 2.98. The number of pyridine rings is 1. The van der Waals surface area contributed by atoms with Crippen molar-refractivity contribution in [2.45, 2.75) is 51.4 Å². The molecule has 4 aliphatic carbocycles. The maximum absolute atomic E-state index is 5.66. The second kappa shape index (κ2) is 3.53. The average molecular weight is 369 g/mol. The van der Waals surface area contributed by atoms with Crippen LogP contribution in [0.15, 0.2) is 30.5 Å². The Morgan fingerprint density at radius 3 is 2.32 bits per heavy atom. The highest BCUT2D eigenvalue weighted by molar-refractivity contribution is 6.08. The number of rotatable bonds is 0. The number of aromatic nitrogens is 1. The molecule has 0 N–H and O–H groups in total. The molecule has 5 aliphatic rings. The van der Waals surface area contributed by atoms with E-state index in [4.69, 9.17) is 14.5 Å². The zero-order chi connectivity index (χ0) is 18.9. The van der Waals surface area contributed by atoms with E-state index in [0.717, 1.165) is 17.0 Å². The van der Waals surface area contributed by atoms with E-state index in [1.807, 2.05) is 0 Å². The number of benzene rings is 2. The van der Waals surface area contributed by atoms with Gasteiger partial charge in [-0.05, 0) is 52.3 Å². The van der Waals surface area contributed by atoms with E-state index in [-0.39, 0.29) is 5.41 Å². The van der Waals surface area contributed by atoms with Gasteiger partial charge in [0.05, 0.1) is 5.52 Å². The number of fused-ring (bicyclic) bond motifs is 9. The molecule has 0 bridgehead atoms. The molecule has 0 radical (unpaired) electrons. The zero-order valence-corrected chi connectivity index (χ0v) is 16.8. The summed E-state index contributed by atoms with van der Waals surface area (Å²) in [6.45, 7) is 10.5. The highest BCUT2D eigenvalue weighted by Gasteiger charge is 3.06. The van der Waals surface area contributed by atoms with E-state index in [0.29, 0.717) is 28.5 Å². The van der Waals surface area contributed by atoms with Crippen molar-refractivity contribution in [2.75, 3.05) is 6.79 Å². The minimum absolute atomic E-state index is 0.282. The first-order chi connectivity index (χ1) is 13.3. The van der Waals surface area contributed by atoms with Crippen LogP contribution in [-0.2, 0) is 10.8 Å². The maximum Gasteiger partial charge on any atom is 0.231 e. The molecule has 3 fully saturated rings. The predicted octanol–water partition coefficient (Wildman–Crippen LogP) is 5.47. The Kier molecular flexibility index (Phi) is 1.85.